The van der Waals surface area contributed by atoms with Gasteiger partial charge in [0.1, 0.15) is 30.0 Å². The van der Waals surface area contributed by atoms with E-state index in [1.54, 1.807) is 0 Å². The van der Waals surface area contributed by atoms with Crippen molar-refractivity contribution in [2.45, 2.75) is 63.8 Å². The molecule has 61 heavy (non-hydrogen) atoms. The first-order chi connectivity index (χ1) is 29.6. The number of H-pyrrole nitrogens is 2. The number of rotatable bonds is 11. The topological polar surface area (TPSA) is 149 Å². The van der Waals surface area contributed by atoms with Gasteiger partial charge in [-0.25, -0.2) is 14.8 Å². The Bertz CT molecular complexity index is 2580. The van der Waals surface area contributed by atoms with Crippen LogP contribution in [0, 0.1) is 5.92 Å². The summed E-state index contributed by atoms with van der Waals surface area (Å²) >= 11 is 0. The molecule has 9 rings (SSSR count). The molecule has 13 heteroatoms. The molecule has 0 aliphatic carbocycles. The maximum atomic E-state index is 14.0. The first kappa shape index (κ1) is 40.0. The van der Waals surface area contributed by atoms with Gasteiger partial charge >= 0.3 is 6.09 Å². The number of carbonyl (C=O) groups excluding carboxylic acids is 3. The van der Waals surface area contributed by atoms with Gasteiger partial charge in [0.2, 0.25) is 11.8 Å². The Morgan fingerprint density at radius 3 is 2.31 bits per heavy atom. The van der Waals surface area contributed by atoms with Crippen molar-refractivity contribution in [3.05, 3.63) is 114 Å². The van der Waals surface area contributed by atoms with Crippen LogP contribution in [0.2, 0.25) is 0 Å². The van der Waals surface area contributed by atoms with Crippen LogP contribution in [0.5, 0.6) is 5.75 Å². The molecule has 13 nitrogen and oxygen atoms in total. The molecule has 5 heterocycles. The number of amides is 3. The van der Waals surface area contributed by atoms with Crippen molar-refractivity contribution in [1.29, 1.82) is 0 Å². The molecule has 6 aromatic rings. The second-order valence-electron chi connectivity index (χ2n) is 16.8. The maximum absolute atomic E-state index is 14.0. The monoisotopic (exact) mass is 820 g/mol. The van der Waals surface area contributed by atoms with Gasteiger partial charge < -0.3 is 34.6 Å². The van der Waals surface area contributed by atoms with Crippen LogP contribution in [0.15, 0.2) is 91.1 Å². The Labute approximate surface area is 355 Å². The number of fused-ring (bicyclic) bond motifs is 4. The normalized spacial score (nSPS) is 18.1. The minimum Gasteiger partial charge on any atom is -0.487 e. The largest absolute Gasteiger partial charge is 0.487 e. The molecule has 3 aliphatic heterocycles. The number of carbonyl (C=O) groups is 3. The molecular formula is C48H52N8O5. The van der Waals surface area contributed by atoms with Gasteiger partial charge in [0.15, 0.2) is 0 Å². The highest BCUT2D eigenvalue weighted by molar-refractivity contribution is 5.91. The molecule has 4 unspecified atom stereocenters. The highest BCUT2D eigenvalue weighted by Crippen LogP contribution is 2.42. The number of likely N-dealkylation sites (tertiary alicyclic amines) is 2. The third-order valence-corrected chi connectivity index (χ3v) is 12.4. The fraction of sp³-hybridized carbons (Fsp3) is 0.354. The number of imidazole rings is 2. The summed E-state index contributed by atoms with van der Waals surface area (Å²) in [6, 6.07) is 28.6. The first-order valence-corrected chi connectivity index (χ1v) is 21.2. The summed E-state index contributed by atoms with van der Waals surface area (Å²) in [5, 5.41) is 4.92. The standard InChI is InChI=1S/C48H52N8O5/c1-29(26-50-48(59)60-4)22-42(57)55-20-8-13-40(55)46-52-38-28-61-41-25-34(18-19-36(41)43(38)53-46)32-14-15-33-24-35(17-16-31(33)23-32)37-27-49-45(51-37)39-12-9-21-56(39)47(58)44(54(2)3)30-10-6-5-7-11-30/h5-7,10-11,14-19,23-25,27,29,39-40,44H,8-9,12-13,20-22,26,28H2,1-4H3,(H,49,51)(H,50,59)(H,52,53). The molecule has 3 amide bonds. The summed E-state index contributed by atoms with van der Waals surface area (Å²) in [5.41, 5.74) is 7.77. The number of ether oxygens (including phenoxy) is 2. The molecule has 3 N–H and O–H groups in total. The lowest BCUT2D eigenvalue weighted by Crippen LogP contribution is -2.40. The van der Waals surface area contributed by atoms with E-state index in [-0.39, 0.29) is 35.9 Å². The van der Waals surface area contributed by atoms with E-state index in [0.29, 0.717) is 32.7 Å². The Kier molecular flexibility index (Phi) is 11.1. The van der Waals surface area contributed by atoms with Gasteiger partial charge in [0.05, 0.1) is 42.5 Å². The molecule has 2 fully saturated rings. The second kappa shape index (κ2) is 16.9. The number of alkyl carbamates (subject to hydrolysis) is 1. The summed E-state index contributed by atoms with van der Waals surface area (Å²) in [6.07, 6.45) is 5.25. The Balaban J connectivity index is 0.887. The third-order valence-electron chi connectivity index (χ3n) is 12.4. The minimum atomic E-state index is -0.497. The highest BCUT2D eigenvalue weighted by Gasteiger charge is 2.37. The van der Waals surface area contributed by atoms with Crippen LogP contribution >= 0.6 is 0 Å². The van der Waals surface area contributed by atoms with Gasteiger partial charge in [0.25, 0.3) is 0 Å². The van der Waals surface area contributed by atoms with Crippen molar-refractivity contribution in [2.75, 3.05) is 40.8 Å². The molecule has 4 atom stereocenters. The lowest BCUT2D eigenvalue weighted by atomic mass is 9.97. The number of methoxy groups -OCH3 is 1. The van der Waals surface area contributed by atoms with E-state index < -0.39 is 6.09 Å². The van der Waals surface area contributed by atoms with Crippen molar-refractivity contribution < 1.29 is 23.9 Å². The lowest BCUT2D eigenvalue weighted by Gasteiger charge is -2.31. The summed E-state index contributed by atoms with van der Waals surface area (Å²) in [7, 11) is 5.24. The van der Waals surface area contributed by atoms with Crippen molar-refractivity contribution in [3.8, 4) is 39.4 Å². The summed E-state index contributed by atoms with van der Waals surface area (Å²) in [6.45, 7) is 4.07. The SMILES string of the molecule is COC(=O)NCC(C)CC(=O)N1CCCC1c1nc2c([nH]1)COc1cc(-c3ccc4cc(-c5cnc(C6CCCN6C(=O)C(c6ccccc6)N(C)C)[nH]5)ccc4c3)ccc1-2. The molecule has 2 saturated heterocycles. The van der Waals surface area contributed by atoms with E-state index in [2.05, 4.69) is 74.6 Å². The van der Waals surface area contributed by atoms with Crippen molar-refractivity contribution >= 4 is 28.7 Å². The van der Waals surface area contributed by atoms with Crippen molar-refractivity contribution in [1.82, 2.24) is 40.0 Å². The molecule has 0 radical (unpaired) electrons. The van der Waals surface area contributed by atoms with Crippen LogP contribution in [-0.4, -0.2) is 93.4 Å². The van der Waals surface area contributed by atoms with Gasteiger partial charge in [0, 0.05) is 37.2 Å². The van der Waals surface area contributed by atoms with Crippen molar-refractivity contribution in [2.24, 2.45) is 5.92 Å². The van der Waals surface area contributed by atoms with Gasteiger partial charge in [-0.15, -0.1) is 0 Å². The van der Waals surface area contributed by atoms with E-state index in [1.807, 2.05) is 72.2 Å². The molecule has 2 aromatic heterocycles. The number of nitrogens with one attached hydrogen (secondary N) is 3. The van der Waals surface area contributed by atoms with E-state index in [0.717, 1.165) is 98.8 Å². The summed E-state index contributed by atoms with van der Waals surface area (Å²) in [5.74, 6) is 2.50. The Hall–Kier alpha value is -6.47. The van der Waals surface area contributed by atoms with E-state index in [9.17, 15) is 14.4 Å². The zero-order valence-electron chi connectivity index (χ0n) is 35.1. The zero-order chi connectivity index (χ0) is 42.2. The Morgan fingerprint density at radius 2 is 1.56 bits per heavy atom. The Morgan fingerprint density at radius 1 is 0.869 bits per heavy atom. The number of aromatic nitrogens is 4. The summed E-state index contributed by atoms with van der Waals surface area (Å²) in [4.78, 5) is 61.7. The third kappa shape index (κ3) is 7.97. The molecule has 4 aromatic carbocycles. The summed E-state index contributed by atoms with van der Waals surface area (Å²) < 4.78 is 11.0. The number of nitrogens with zero attached hydrogens (tertiary/aromatic N) is 5. The average molecular weight is 821 g/mol. The molecule has 0 saturated carbocycles. The van der Waals surface area contributed by atoms with Gasteiger partial charge in [-0.05, 0) is 97.4 Å². The van der Waals surface area contributed by atoms with Crippen LogP contribution in [-0.2, 0) is 20.9 Å². The molecular weight excluding hydrogens is 769 g/mol. The zero-order valence-corrected chi connectivity index (χ0v) is 35.1. The van der Waals surface area contributed by atoms with Crippen LogP contribution in [0.1, 0.15) is 80.1 Å². The van der Waals surface area contributed by atoms with E-state index in [4.69, 9.17) is 14.7 Å². The van der Waals surface area contributed by atoms with Crippen LogP contribution in [0.25, 0.3) is 44.4 Å². The number of hydrogen-bond acceptors (Lipinski definition) is 8. The van der Waals surface area contributed by atoms with Gasteiger partial charge in [-0.1, -0.05) is 67.6 Å². The molecule has 3 aliphatic rings. The van der Waals surface area contributed by atoms with Crippen LogP contribution in [0.4, 0.5) is 4.79 Å². The molecule has 0 spiro atoms. The molecule has 0 bridgehead atoms. The predicted octanol–water partition coefficient (Wildman–Crippen LogP) is 8.19. The van der Waals surface area contributed by atoms with Crippen LogP contribution < -0.4 is 10.1 Å². The van der Waals surface area contributed by atoms with E-state index >= 15 is 0 Å². The smallest absolute Gasteiger partial charge is 0.406 e. The number of aromatic amines is 2. The minimum absolute atomic E-state index is 0.0287. The fourth-order valence-corrected chi connectivity index (χ4v) is 9.26. The van der Waals surface area contributed by atoms with E-state index in [1.165, 1.54) is 7.11 Å². The molecule has 314 valence electrons. The number of benzene rings is 4. The van der Waals surface area contributed by atoms with Gasteiger partial charge in [-0.2, -0.15) is 0 Å². The second-order valence-corrected chi connectivity index (χ2v) is 16.8. The van der Waals surface area contributed by atoms with Crippen molar-refractivity contribution in [3.63, 3.8) is 0 Å². The number of likely N-dealkylation sites (N-methyl/N-ethyl adjacent to an activating group) is 1. The fourth-order valence-electron chi connectivity index (χ4n) is 9.26. The lowest BCUT2D eigenvalue weighted by molar-refractivity contribution is -0.137. The van der Waals surface area contributed by atoms with Gasteiger partial charge in [-0.3, -0.25) is 14.5 Å². The quantitative estimate of drug-likeness (QED) is 0.119. The average Bonchev–Trinajstić information content (AvgIpc) is 4.12. The maximum Gasteiger partial charge on any atom is 0.406 e. The predicted molar refractivity (Wildman–Crippen MR) is 233 cm³/mol. The van der Waals surface area contributed by atoms with Crippen LogP contribution in [0.3, 0.4) is 0 Å². The first-order valence-electron chi connectivity index (χ1n) is 21.2. The highest BCUT2D eigenvalue weighted by atomic mass is 16.5. The number of hydrogen-bond donors (Lipinski definition) is 3.